The lowest BCUT2D eigenvalue weighted by Gasteiger charge is -2.29. The van der Waals surface area contributed by atoms with Crippen molar-refractivity contribution in [2.24, 2.45) is 0 Å². The van der Waals surface area contributed by atoms with Crippen LogP contribution >= 0.6 is 23.2 Å². The molecule has 0 fully saturated rings. The highest BCUT2D eigenvalue weighted by Crippen LogP contribution is 2.28. The molecule has 2 aromatic carbocycles. The van der Waals surface area contributed by atoms with Crippen LogP contribution in [0.25, 0.3) is 5.57 Å². The Kier molecular flexibility index (Phi) is 6.47. The zero-order chi connectivity index (χ0) is 17.7. The smallest absolute Gasteiger partial charge is 0.210 e. The second-order valence-corrected chi connectivity index (χ2v) is 6.67. The fourth-order valence-corrected chi connectivity index (χ4v) is 3.09. The first-order valence-corrected chi connectivity index (χ1v) is 8.62. The lowest BCUT2D eigenvalue weighted by Crippen LogP contribution is -2.28. The normalized spacial score (nSPS) is 11.8. The van der Waals surface area contributed by atoms with Gasteiger partial charge < -0.3 is 4.90 Å². The highest BCUT2D eigenvalue weighted by atomic mass is 35.5. The molecule has 4 heteroatoms. The molecule has 0 saturated heterocycles. The highest BCUT2D eigenvalue weighted by Gasteiger charge is 2.19. The van der Waals surface area contributed by atoms with Gasteiger partial charge in [0.25, 0.3) is 0 Å². The molecule has 0 saturated carbocycles. The van der Waals surface area contributed by atoms with Crippen molar-refractivity contribution in [2.45, 2.75) is 26.3 Å². The largest absolute Gasteiger partial charge is 0.334 e. The predicted octanol–water partition coefficient (Wildman–Crippen LogP) is 5.92. The van der Waals surface area contributed by atoms with Crippen LogP contribution in [-0.2, 0) is 4.79 Å². The summed E-state index contributed by atoms with van der Waals surface area (Å²) in [7, 11) is 0. The van der Waals surface area contributed by atoms with Gasteiger partial charge in [-0.15, -0.1) is 0 Å². The first kappa shape index (κ1) is 18.6. The van der Waals surface area contributed by atoms with E-state index >= 15 is 0 Å². The zero-order valence-electron chi connectivity index (χ0n) is 13.9. The van der Waals surface area contributed by atoms with Gasteiger partial charge in [-0.2, -0.15) is 0 Å². The van der Waals surface area contributed by atoms with Gasteiger partial charge in [-0.05, 0) is 53.8 Å². The average Bonchev–Trinajstić information content (AvgIpc) is 2.57. The first-order chi connectivity index (χ1) is 11.5. The molecule has 0 spiro atoms. The molecule has 0 aliphatic rings. The molecule has 1 atom stereocenters. The van der Waals surface area contributed by atoms with Gasteiger partial charge in [0.2, 0.25) is 6.41 Å². The summed E-state index contributed by atoms with van der Waals surface area (Å²) in [6.45, 7) is 8.59. The third-order valence-corrected chi connectivity index (χ3v) is 4.75. The number of halogens is 2. The molecule has 2 aromatic rings. The number of nitrogens with zero attached hydrogens (tertiary/aromatic N) is 1. The van der Waals surface area contributed by atoms with Crippen molar-refractivity contribution >= 4 is 35.2 Å². The maximum absolute atomic E-state index is 11.7. The van der Waals surface area contributed by atoms with Gasteiger partial charge in [-0.3, -0.25) is 4.79 Å². The van der Waals surface area contributed by atoms with Gasteiger partial charge in [-0.1, -0.05) is 61.0 Å². The van der Waals surface area contributed by atoms with E-state index in [-0.39, 0.29) is 6.04 Å². The summed E-state index contributed by atoms with van der Waals surface area (Å²) in [4.78, 5) is 13.5. The number of hydrogen-bond acceptors (Lipinski definition) is 1. The van der Waals surface area contributed by atoms with Crippen molar-refractivity contribution in [2.75, 3.05) is 6.54 Å². The van der Waals surface area contributed by atoms with Crippen LogP contribution in [0.15, 0.2) is 49.0 Å². The molecule has 0 aliphatic heterocycles. The number of carbonyl (C=O) groups excluding carboxylic acids is 1. The van der Waals surface area contributed by atoms with Crippen molar-refractivity contribution in [3.05, 3.63) is 75.8 Å². The van der Waals surface area contributed by atoms with Crippen molar-refractivity contribution in [3.63, 3.8) is 0 Å². The quantitative estimate of drug-likeness (QED) is 0.560. The molecule has 2 rings (SSSR count). The number of rotatable bonds is 7. The molecular formula is C20H21Cl2NO. The SMILES string of the molecule is C=C(CN(C=O)C(CC)c1ccc(Cl)c(C)c1)c1cccc(Cl)c1. The number of hydrogen-bond donors (Lipinski definition) is 0. The number of benzene rings is 2. The third-order valence-electron chi connectivity index (χ3n) is 4.10. The lowest BCUT2D eigenvalue weighted by atomic mass is 9.99. The van der Waals surface area contributed by atoms with E-state index in [2.05, 4.69) is 13.5 Å². The van der Waals surface area contributed by atoms with Gasteiger partial charge in [0.05, 0.1) is 6.04 Å². The van der Waals surface area contributed by atoms with Crippen LogP contribution in [0.3, 0.4) is 0 Å². The fourth-order valence-electron chi connectivity index (χ4n) is 2.78. The molecule has 24 heavy (non-hydrogen) atoms. The lowest BCUT2D eigenvalue weighted by molar-refractivity contribution is -0.119. The van der Waals surface area contributed by atoms with Gasteiger partial charge in [0, 0.05) is 16.6 Å². The molecule has 0 radical (unpaired) electrons. The van der Waals surface area contributed by atoms with E-state index in [9.17, 15) is 4.79 Å². The van der Waals surface area contributed by atoms with E-state index in [4.69, 9.17) is 23.2 Å². The molecule has 0 N–H and O–H groups in total. The molecule has 0 heterocycles. The van der Waals surface area contributed by atoms with E-state index in [1.165, 1.54) is 0 Å². The Balaban J connectivity index is 2.23. The van der Waals surface area contributed by atoms with Crippen LogP contribution in [0.1, 0.15) is 36.1 Å². The topological polar surface area (TPSA) is 20.3 Å². The highest BCUT2D eigenvalue weighted by molar-refractivity contribution is 6.31. The maximum Gasteiger partial charge on any atom is 0.210 e. The summed E-state index contributed by atoms with van der Waals surface area (Å²) in [6.07, 6.45) is 1.69. The Labute approximate surface area is 153 Å². The molecule has 2 nitrogen and oxygen atoms in total. The average molecular weight is 362 g/mol. The molecule has 0 aliphatic carbocycles. The number of aryl methyl sites for hydroxylation is 1. The minimum atomic E-state index is -0.0191. The van der Waals surface area contributed by atoms with Crippen LogP contribution in [0.2, 0.25) is 10.0 Å². The van der Waals surface area contributed by atoms with Gasteiger partial charge in [0.1, 0.15) is 0 Å². The third kappa shape index (κ3) is 4.40. The van der Waals surface area contributed by atoms with Crippen molar-refractivity contribution in [1.82, 2.24) is 4.90 Å². The van der Waals surface area contributed by atoms with Gasteiger partial charge >= 0.3 is 0 Å². The predicted molar refractivity (Wildman–Crippen MR) is 102 cm³/mol. The van der Waals surface area contributed by atoms with Crippen LogP contribution < -0.4 is 0 Å². The van der Waals surface area contributed by atoms with Crippen molar-refractivity contribution < 1.29 is 4.79 Å². The van der Waals surface area contributed by atoms with E-state index in [1.807, 2.05) is 49.4 Å². The Morgan fingerprint density at radius 1 is 1.25 bits per heavy atom. The summed E-state index contributed by atoms with van der Waals surface area (Å²) in [5.41, 5.74) is 3.88. The second kappa shape index (κ2) is 8.36. The zero-order valence-corrected chi connectivity index (χ0v) is 15.4. The molecule has 126 valence electrons. The fraction of sp³-hybridized carbons (Fsp3) is 0.250. The van der Waals surface area contributed by atoms with E-state index in [1.54, 1.807) is 4.90 Å². The summed E-state index contributed by atoms with van der Waals surface area (Å²) < 4.78 is 0. The number of amides is 1. The Hall–Kier alpha value is -1.77. The van der Waals surface area contributed by atoms with E-state index in [0.717, 1.165) is 40.1 Å². The molecule has 0 aromatic heterocycles. The van der Waals surface area contributed by atoms with Gasteiger partial charge in [-0.25, -0.2) is 0 Å². The summed E-state index contributed by atoms with van der Waals surface area (Å²) in [5.74, 6) is 0. The van der Waals surface area contributed by atoms with Crippen LogP contribution in [0.4, 0.5) is 0 Å². The minimum absolute atomic E-state index is 0.0191. The van der Waals surface area contributed by atoms with Crippen molar-refractivity contribution in [3.8, 4) is 0 Å². The standard InChI is InChI=1S/C20H21Cl2NO/c1-4-20(17-8-9-19(22)14(2)10-17)23(13-24)12-15(3)16-6-5-7-18(21)11-16/h5-11,13,20H,3-4,12H2,1-2H3. The molecule has 1 unspecified atom stereocenters. The van der Waals surface area contributed by atoms with Crippen LogP contribution in [-0.4, -0.2) is 17.9 Å². The molecular weight excluding hydrogens is 341 g/mol. The number of carbonyl (C=O) groups is 1. The monoisotopic (exact) mass is 361 g/mol. The molecule has 1 amide bonds. The Morgan fingerprint density at radius 2 is 2.00 bits per heavy atom. The molecule has 0 bridgehead atoms. The second-order valence-electron chi connectivity index (χ2n) is 5.82. The maximum atomic E-state index is 11.7. The van der Waals surface area contributed by atoms with Crippen molar-refractivity contribution in [1.29, 1.82) is 0 Å². The summed E-state index contributed by atoms with van der Waals surface area (Å²) in [5, 5.41) is 1.39. The Morgan fingerprint density at radius 3 is 2.58 bits per heavy atom. The summed E-state index contributed by atoms with van der Waals surface area (Å²) in [6, 6.07) is 13.4. The summed E-state index contributed by atoms with van der Waals surface area (Å²) >= 11 is 12.2. The van der Waals surface area contributed by atoms with E-state index in [0.29, 0.717) is 11.6 Å². The van der Waals surface area contributed by atoms with E-state index < -0.39 is 0 Å². The van der Waals surface area contributed by atoms with Crippen LogP contribution in [0.5, 0.6) is 0 Å². The Bertz CT molecular complexity index is 742. The van der Waals surface area contributed by atoms with Crippen LogP contribution in [0, 0.1) is 6.92 Å². The minimum Gasteiger partial charge on any atom is -0.334 e. The first-order valence-electron chi connectivity index (χ1n) is 7.87. The van der Waals surface area contributed by atoms with Gasteiger partial charge in [0.15, 0.2) is 0 Å².